The number of guanidine groups is 2. The van der Waals surface area contributed by atoms with Gasteiger partial charge in [0.2, 0.25) is 17.2 Å². The summed E-state index contributed by atoms with van der Waals surface area (Å²) in [5.74, 6) is -2.66. The Hall–Kier alpha value is -7.07. The summed E-state index contributed by atoms with van der Waals surface area (Å²) < 4.78 is 24.2. The molecule has 3 rings (SSSR count). The number of carbonyl (C=O) groups excluding carboxylic acids is 4. The Balaban J connectivity index is 2.10. The Bertz CT molecular complexity index is 2360. The van der Waals surface area contributed by atoms with Gasteiger partial charge in [-0.15, -0.1) is 0 Å². The monoisotopic (exact) mass is 923 g/mol. The fourth-order valence-corrected chi connectivity index (χ4v) is 6.61. The van der Waals surface area contributed by atoms with Gasteiger partial charge in [-0.1, -0.05) is 23.3 Å². The first kappa shape index (κ1) is 53.3. The van der Waals surface area contributed by atoms with Crippen LogP contribution in [0.15, 0.2) is 54.6 Å². The van der Waals surface area contributed by atoms with Gasteiger partial charge in [0.15, 0.2) is 36.6 Å². The maximum atomic E-state index is 14.6. The molecule has 0 radical (unpaired) electrons. The lowest BCUT2D eigenvalue weighted by Gasteiger charge is -2.20. The molecule has 2 aromatic carbocycles. The molecule has 0 saturated heterocycles. The highest BCUT2D eigenvalue weighted by molar-refractivity contribution is 5.98. The minimum absolute atomic E-state index is 0.0202. The summed E-state index contributed by atoms with van der Waals surface area (Å²) in [5.41, 5.74) is 34.5. The maximum Gasteiger partial charge on any atom is 0.258 e. The topological polar surface area (TPSA) is 375 Å². The van der Waals surface area contributed by atoms with Crippen LogP contribution in [0, 0.1) is 0 Å². The lowest BCUT2D eigenvalue weighted by atomic mass is 9.98. The molecule has 0 aliphatic carbocycles. The lowest BCUT2D eigenvalue weighted by molar-refractivity contribution is -0.130. The third-order valence-corrected chi connectivity index (χ3v) is 9.74. The molecule has 0 aliphatic rings. The second kappa shape index (κ2) is 26.7. The van der Waals surface area contributed by atoms with Crippen molar-refractivity contribution in [2.45, 2.75) is 78.3 Å². The Labute approximate surface area is 383 Å². The molecule has 2 unspecified atom stereocenters. The number of hydrogen-bond donors (Lipinski definition) is 11. The van der Waals surface area contributed by atoms with Crippen molar-refractivity contribution in [1.29, 1.82) is 0 Å². The number of hydrogen-bond acceptors (Lipinski definition) is 14. The molecule has 3 aromatic rings. The SMILES string of the molecule is COc1c(OCC(=O)NC(CCCN=C(N)N)C(=O)NCCN)cc2oc3cc(OCC(=O)NC(CCCN=C(N)N)C(=O)NCCN)c(CC=C(C)C)c(O)c3c(=O)c2c1CC=C(C)C. The van der Waals surface area contributed by atoms with Gasteiger partial charge in [0.1, 0.15) is 40.1 Å². The van der Waals surface area contributed by atoms with E-state index in [1.54, 1.807) is 0 Å². The number of aliphatic imine (C=N–C) groups is 2. The molecule has 0 spiro atoms. The second-order valence-corrected chi connectivity index (χ2v) is 15.6. The molecule has 1 heterocycles. The predicted octanol–water partition coefficient (Wildman–Crippen LogP) is -0.338. The van der Waals surface area contributed by atoms with Crippen LogP contribution in [0.5, 0.6) is 23.0 Å². The Morgan fingerprint density at radius 1 is 0.727 bits per heavy atom. The van der Waals surface area contributed by atoms with Gasteiger partial charge in [-0.2, -0.15) is 0 Å². The van der Waals surface area contributed by atoms with E-state index in [-0.39, 0.29) is 122 Å². The summed E-state index contributed by atoms with van der Waals surface area (Å²) in [6.45, 7) is 7.53. The van der Waals surface area contributed by atoms with E-state index in [9.17, 15) is 29.1 Å². The fourth-order valence-electron chi connectivity index (χ4n) is 6.61. The molecule has 0 saturated carbocycles. The minimum Gasteiger partial charge on any atom is -0.507 e. The summed E-state index contributed by atoms with van der Waals surface area (Å²) in [6.07, 6.45) is 5.12. The van der Waals surface area contributed by atoms with E-state index < -0.39 is 60.1 Å². The summed E-state index contributed by atoms with van der Waals surface area (Å²) in [6, 6.07) is 0.861. The molecule has 0 fully saturated rings. The summed E-state index contributed by atoms with van der Waals surface area (Å²) in [5, 5.41) is 22.5. The van der Waals surface area contributed by atoms with Crippen LogP contribution in [0.4, 0.5) is 0 Å². The van der Waals surface area contributed by atoms with Crippen molar-refractivity contribution in [3.8, 4) is 23.0 Å². The van der Waals surface area contributed by atoms with E-state index in [4.69, 9.17) is 53.0 Å². The molecule has 0 aliphatic heterocycles. The van der Waals surface area contributed by atoms with E-state index in [0.717, 1.165) is 11.1 Å². The van der Waals surface area contributed by atoms with Crippen LogP contribution in [0.3, 0.4) is 0 Å². The molecule has 22 heteroatoms. The molecule has 4 amide bonds. The number of nitrogens with one attached hydrogen (secondary N) is 4. The standard InChI is InChI=1S/C44H66N12O10/c1-24(2)10-12-26-30(64-22-34(57)55-28(41(61)51-18-14-45)8-6-16-53-43(47)48)20-32-37(38(26)59)39(60)36-27(13-11-25(3)4)40(63-5)33(21-31(36)66-32)65-23-35(58)56-29(42(62)52-19-15-46)9-7-17-54-44(49)50/h10-11,20-21,28-29,59H,6-9,12-19,22-23,45-46H2,1-5H3,(H,51,61)(H,52,62)(H,55,57)(H,56,58)(H4,47,48,53)(H4,49,50,54). The molecule has 0 bridgehead atoms. The number of carbonyl (C=O) groups is 4. The molecule has 22 nitrogen and oxygen atoms in total. The average molecular weight is 923 g/mol. The number of allylic oxidation sites excluding steroid dienone is 4. The van der Waals surface area contributed by atoms with Crippen molar-refractivity contribution in [3.05, 3.63) is 56.8 Å². The average Bonchev–Trinajstić information content (AvgIpc) is 3.26. The molecule has 17 N–H and O–H groups in total. The van der Waals surface area contributed by atoms with Crippen LogP contribution in [0.25, 0.3) is 21.9 Å². The van der Waals surface area contributed by atoms with Crippen LogP contribution in [0.2, 0.25) is 0 Å². The van der Waals surface area contributed by atoms with Gasteiger partial charge < -0.3 is 79.4 Å². The van der Waals surface area contributed by atoms with Crippen LogP contribution in [-0.2, 0) is 32.0 Å². The van der Waals surface area contributed by atoms with Crippen LogP contribution in [0.1, 0.15) is 64.5 Å². The zero-order chi connectivity index (χ0) is 48.9. The maximum absolute atomic E-state index is 14.6. The van der Waals surface area contributed by atoms with Crippen molar-refractivity contribution in [3.63, 3.8) is 0 Å². The van der Waals surface area contributed by atoms with Crippen molar-refractivity contribution >= 4 is 57.5 Å². The molecule has 2 atom stereocenters. The number of amides is 4. The molecular formula is C44H66N12O10. The number of aromatic hydroxyl groups is 1. The summed E-state index contributed by atoms with van der Waals surface area (Å²) in [4.78, 5) is 75.0. The van der Waals surface area contributed by atoms with Gasteiger partial charge in [0, 0.05) is 62.5 Å². The van der Waals surface area contributed by atoms with E-state index in [1.165, 1.54) is 19.2 Å². The number of nitrogens with two attached hydrogens (primary N) is 6. The number of ether oxygens (including phenoxy) is 3. The zero-order valence-electron chi connectivity index (χ0n) is 38.3. The number of nitrogens with zero attached hydrogens (tertiary/aromatic N) is 2. The van der Waals surface area contributed by atoms with E-state index in [1.807, 2.05) is 39.8 Å². The summed E-state index contributed by atoms with van der Waals surface area (Å²) >= 11 is 0. The molecule has 66 heavy (non-hydrogen) atoms. The van der Waals surface area contributed by atoms with Crippen molar-refractivity contribution in [2.75, 3.05) is 59.6 Å². The summed E-state index contributed by atoms with van der Waals surface area (Å²) in [7, 11) is 1.38. The van der Waals surface area contributed by atoms with Gasteiger partial charge in [-0.3, -0.25) is 34.0 Å². The number of phenolic OH excluding ortho intramolecular Hbond substituents is 1. The Kier molecular flexibility index (Phi) is 21.5. The van der Waals surface area contributed by atoms with Gasteiger partial charge in [0.25, 0.3) is 11.8 Å². The normalized spacial score (nSPS) is 11.7. The Morgan fingerprint density at radius 3 is 1.64 bits per heavy atom. The largest absolute Gasteiger partial charge is 0.507 e. The molecule has 362 valence electrons. The first-order valence-electron chi connectivity index (χ1n) is 21.4. The van der Waals surface area contributed by atoms with Gasteiger partial charge in [-0.05, 0) is 66.2 Å². The highest BCUT2D eigenvalue weighted by Crippen LogP contribution is 2.41. The quantitative estimate of drug-likeness (QED) is 0.0153. The number of phenols is 1. The van der Waals surface area contributed by atoms with Crippen molar-refractivity contribution in [2.24, 2.45) is 44.4 Å². The Morgan fingerprint density at radius 2 is 1.18 bits per heavy atom. The highest BCUT2D eigenvalue weighted by Gasteiger charge is 2.27. The van der Waals surface area contributed by atoms with Crippen molar-refractivity contribution < 1.29 is 42.9 Å². The van der Waals surface area contributed by atoms with Gasteiger partial charge in [0.05, 0.1) is 12.5 Å². The zero-order valence-corrected chi connectivity index (χ0v) is 38.3. The van der Waals surface area contributed by atoms with E-state index in [2.05, 4.69) is 31.3 Å². The van der Waals surface area contributed by atoms with Gasteiger partial charge >= 0.3 is 0 Å². The number of fused-ring (bicyclic) bond motifs is 2. The third kappa shape index (κ3) is 16.2. The third-order valence-electron chi connectivity index (χ3n) is 9.74. The van der Waals surface area contributed by atoms with Crippen LogP contribution >= 0.6 is 0 Å². The number of rotatable bonds is 27. The van der Waals surface area contributed by atoms with Crippen LogP contribution < -0.4 is 75.3 Å². The minimum atomic E-state index is -0.967. The smallest absolute Gasteiger partial charge is 0.258 e. The first-order valence-corrected chi connectivity index (χ1v) is 21.4. The number of benzene rings is 2. The first-order chi connectivity index (χ1) is 31.4. The highest BCUT2D eigenvalue weighted by atomic mass is 16.5. The fraction of sp³-hybridized carbons (Fsp3) is 0.477. The van der Waals surface area contributed by atoms with E-state index >= 15 is 0 Å². The second-order valence-electron chi connectivity index (χ2n) is 15.6. The predicted molar refractivity (Wildman–Crippen MR) is 253 cm³/mol. The van der Waals surface area contributed by atoms with Gasteiger partial charge in [-0.25, -0.2) is 0 Å². The lowest BCUT2D eigenvalue weighted by Crippen LogP contribution is -2.49. The van der Waals surface area contributed by atoms with Crippen molar-refractivity contribution in [1.82, 2.24) is 21.3 Å². The molecule has 1 aromatic heterocycles. The van der Waals surface area contributed by atoms with Crippen LogP contribution in [-0.4, -0.2) is 112 Å². The molecular weight excluding hydrogens is 857 g/mol. The number of methoxy groups -OCH3 is 1. The van der Waals surface area contributed by atoms with E-state index in [0.29, 0.717) is 18.4 Å².